The first-order valence-corrected chi connectivity index (χ1v) is 10.9. The van der Waals surface area contributed by atoms with Gasteiger partial charge >= 0.3 is 0 Å². The predicted octanol–water partition coefficient (Wildman–Crippen LogP) is 3.61. The molecule has 0 unspecified atom stereocenters. The van der Waals surface area contributed by atoms with Crippen molar-refractivity contribution in [3.8, 4) is 22.3 Å². The van der Waals surface area contributed by atoms with Gasteiger partial charge < -0.3 is 4.52 Å². The fourth-order valence-electron chi connectivity index (χ4n) is 3.91. The Labute approximate surface area is 164 Å². The third kappa shape index (κ3) is 2.79. The van der Waals surface area contributed by atoms with Gasteiger partial charge in [-0.2, -0.15) is 5.10 Å². The monoisotopic (exact) mass is 398 g/mol. The summed E-state index contributed by atoms with van der Waals surface area (Å²) in [5, 5.41) is 8.79. The van der Waals surface area contributed by atoms with E-state index in [4.69, 9.17) is 4.52 Å². The Morgan fingerprint density at radius 1 is 1.07 bits per heavy atom. The van der Waals surface area contributed by atoms with Crippen molar-refractivity contribution >= 4 is 20.6 Å². The Balaban J connectivity index is 2.04. The lowest BCUT2D eigenvalue weighted by Crippen LogP contribution is -2.12. The number of aryl methyl sites for hydroxylation is 4. The summed E-state index contributed by atoms with van der Waals surface area (Å²) in [6.07, 6.45) is 1.49. The van der Waals surface area contributed by atoms with Crippen LogP contribution in [0.3, 0.4) is 0 Å². The van der Waals surface area contributed by atoms with Gasteiger partial charge in [-0.25, -0.2) is 13.4 Å². The van der Waals surface area contributed by atoms with Crippen LogP contribution in [0.15, 0.2) is 21.6 Å². The van der Waals surface area contributed by atoms with Gasteiger partial charge in [-0.05, 0) is 56.5 Å². The zero-order valence-corrected chi connectivity index (χ0v) is 17.6. The van der Waals surface area contributed by atoms with E-state index in [0.717, 1.165) is 44.9 Å². The summed E-state index contributed by atoms with van der Waals surface area (Å²) in [5.74, 6) is 0.716. The van der Waals surface area contributed by atoms with Gasteiger partial charge in [0.25, 0.3) is 0 Å². The molecule has 1 aliphatic rings. The molecule has 28 heavy (non-hydrogen) atoms. The molecule has 3 heterocycles. The number of aliphatic imine (C=N–C) groups is 1. The molecule has 2 aromatic heterocycles. The number of hydrogen-bond donors (Lipinski definition) is 0. The molecule has 4 rings (SSSR count). The van der Waals surface area contributed by atoms with Gasteiger partial charge in [0.05, 0.1) is 17.1 Å². The summed E-state index contributed by atoms with van der Waals surface area (Å²) in [7, 11) is -1.46. The Kier molecular flexibility index (Phi) is 4.08. The van der Waals surface area contributed by atoms with Crippen molar-refractivity contribution in [1.82, 2.24) is 14.9 Å². The van der Waals surface area contributed by atoms with Crippen LogP contribution in [-0.4, -0.2) is 34.7 Å². The van der Waals surface area contributed by atoms with Gasteiger partial charge in [0.15, 0.2) is 9.84 Å². The van der Waals surface area contributed by atoms with Crippen LogP contribution in [-0.2, 0) is 23.3 Å². The van der Waals surface area contributed by atoms with E-state index in [9.17, 15) is 8.42 Å². The second-order valence-corrected chi connectivity index (χ2v) is 9.36. The van der Waals surface area contributed by atoms with Crippen molar-refractivity contribution in [2.75, 3.05) is 6.26 Å². The van der Waals surface area contributed by atoms with Crippen molar-refractivity contribution in [3.05, 3.63) is 40.5 Å². The maximum atomic E-state index is 12.1. The van der Waals surface area contributed by atoms with Gasteiger partial charge in [-0.15, -0.1) is 0 Å². The molecule has 146 valence electrons. The topological polar surface area (TPSA) is 90.4 Å². The average Bonchev–Trinajstić information content (AvgIpc) is 3.24. The largest absolute Gasteiger partial charge is 0.361 e. The number of hydrogen-bond acceptors (Lipinski definition) is 6. The second kappa shape index (κ2) is 6.13. The molecule has 0 spiro atoms. The third-order valence-electron chi connectivity index (χ3n) is 5.33. The molecule has 3 aromatic rings. The first kappa shape index (κ1) is 18.6. The Bertz CT molecular complexity index is 1240. The van der Waals surface area contributed by atoms with E-state index in [0.29, 0.717) is 17.9 Å². The Morgan fingerprint density at radius 3 is 2.32 bits per heavy atom. The van der Waals surface area contributed by atoms with E-state index >= 15 is 0 Å². The molecule has 0 radical (unpaired) electrons. The van der Waals surface area contributed by atoms with Crippen molar-refractivity contribution in [2.24, 2.45) is 12.0 Å². The van der Waals surface area contributed by atoms with E-state index in [-0.39, 0.29) is 5.04 Å². The summed E-state index contributed by atoms with van der Waals surface area (Å²) in [5.41, 5.74) is 8.07. The summed E-state index contributed by atoms with van der Waals surface area (Å²) in [6.45, 7) is 7.74. The second-order valence-electron chi connectivity index (χ2n) is 7.34. The van der Waals surface area contributed by atoms with Crippen molar-refractivity contribution in [3.63, 3.8) is 0 Å². The van der Waals surface area contributed by atoms with Crippen LogP contribution in [0.4, 0.5) is 5.69 Å². The average molecular weight is 398 g/mol. The molecule has 0 atom stereocenters. The van der Waals surface area contributed by atoms with Gasteiger partial charge in [0.1, 0.15) is 10.8 Å². The lowest BCUT2D eigenvalue weighted by atomic mass is 9.91. The van der Waals surface area contributed by atoms with E-state index in [1.807, 2.05) is 45.5 Å². The third-order valence-corrected chi connectivity index (χ3v) is 6.42. The SMILES string of the molecule is Cc1noc(C)c1-c1cc2c(c(-c3c(C)nn(C)c3C)c1)CC(S(C)(=O)=O)=N2. The summed E-state index contributed by atoms with van der Waals surface area (Å²) in [6, 6.07) is 3.99. The molecular formula is C20H22N4O3S. The minimum atomic E-state index is -3.37. The molecule has 0 amide bonds. The minimum Gasteiger partial charge on any atom is -0.361 e. The molecule has 1 aliphatic heterocycles. The highest BCUT2D eigenvalue weighted by atomic mass is 32.2. The summed E-state index contributed by atoms with van der Waals surface area (Å²) >= 11 is 0. The van der Waals surface area contributed by atoms with Crippen LogP contribution in [0.1, 0.15) is 28.4 Å². The van der Waals surface area contributed by atoms with Gasteiger partial charge in [-0.3, -0.25) is 4.68 Å². The molecule has 0 saturated heterocycles. The zero-order chi connectivity index (χ0) is 20.4. The van der Waals surface area contributed by atoms with Crippen molar-refractivity contribution in [1.29, 1.82) is 0 Å². The highest BCUT2D eigenvalue weighted by Gasteiger charge is 2.28. The zero-order valence-electron chi connectivity index (χ0n) is 16.8. The lowest BCUT2D eigenvalue weighted by Gasteiger charge is -2.12. The number of sulfone groups is 1. The number of fused-ring (bicyclic) bond motifs is 1. The van der Waals surface area contributed by atoms with Crippen LogP contribution < -0.4 is 0 Å². The number of benzene rings is 1. The highest BCUT2D eigenvalue weighted by Crippen LogP contribution is 2.43. The Morgan fingerprint density at radius 2 is 1.79 bits per heavy atom. The van der Waals surface area contributed by atoms with E-state index < -0.39 is 9.84 Å². The molecule has 0 fully saturated rings. The maximum Gasteiger partial charge on any atom is 0.189 e. The molecule has 1 aromatic carbocycles. The van der Waals surface area contributed by atoms with E-state index in [1.165, 1.54) is 6.26 Å². The lowest BCUT2D eigenvalue weighted by molar-refractivity contribution is 0.393. The molecule has 8 heteroatoms. The molecule has 7 nitrogen and oxygen atoms in total. The maximum absolute atomic E-state index is 12.1. The quantitative estimate of drug-likeness (QED) is 0.658. The van der Waals surface area contributed by atoms with E-state index in [2.05, 4.69) is 21.3 Å². The Hall–Kier alpha value is -2.74. The standard InChI is InChI=1S/C20H22N4O3S/c1-10-19(12(3)24(5)22-10)16-7-14(20-11(2)23-27-13(20)4)8-17-15(16)9-18(21-17)28(6,25)26/h7-8H,9H2,1-6H3. The molecule has 0 bridgehead atoms. The number of rotatable bonds is 2. The van der Waals surface area contributed by atoms with Gasteiger partial charge in [0.2, 0.25) is 0 Å². The molecule has 0 aliphatic carbocycles. The normalized spacial score (nSPS) is 13.7. The molecule has 0 N–H and O–H groups in total. The van der Waals surface area contributed by atoms with Crippen LogP contribution >= 0.6 is 0 Å². The first-order chi connectivity index (χ1) is 13.1. The number of aromatic nitrogens is 3. The fraction of sp³-hybridized carbons (Fsp3) is 0.350. The van der Waals surface area contributed by atoms with Crippen LogP contribution in [0.5, 0.6) is 0 Å². The smallest absolute Gasteiger partial charge is 0.189 e. The van der Waals surface area contributed by atoms with Crippen LogP contribution in [0, 0.1) is 27.7 Å². The summed E-state index contributed by atoms with van der Waals surface area (Å²) < 4.78 is 31.5. The predicted molar refractivity (Wildman–Crippen MR) is 109 cm³/mol. The summed E-state index contributed by atoms with van der Waals surface area (Å²) in [4.78, 5) is 4.46. The molecular weight excluding hydrogens is 376 g/mol. The minimum absolute atomic E-state index is 0.193. The first-order valence-electron chi connectivity index (χ1n) is 8.96. The van der Waals surface area contributed by atoms with E-state index in [1.54, 1.807) is 0 Å². The van der Waals surface area contributed by atoms with Gasteiger partial charge in [0, 0.05) is 36.5 Å². The van der Waals surface area contributed by atoms with Crippen LogP contribution in [0.2, 0.25) is 0 Å². The highest BCUT2D eigenvalue weighted by molar-refractivity contribution is 8.05. The van der Waals surface area contributed by atoms with Crippen molar-refractivity contribution in [2.45, 2.75) is 34.1 Å². The van der Waals surface area contributed by atoms with Gasteiger partial charge in [-0.1, -0.05) is 5.16 Å². The van der Waals surface area contributed by atoms with Crippen molar-refractivity contribution < 1.29 is 12.9 Å². The molecule has 0 saturated carbocycles. The van der Waals surface area contributed by atoms with Crippen LogP contribution in [0.25, 0.3) is 22.3 Å². The fourth-order valence-corrected chi connectivity index (χ4v) is 4.58. The number of nitrogens with zero attached hydrogens (tertiary/aromatic N) is 4.